The number of β-amino-alcohol motifs (C(OH)–C–C–N with tert-alkyl or cyclic N) is 1. The number of hydrogen-bond donors (Lipinski definition) is 2. The van der Waals surface area contributed by atoms with Crippen molar-refractivity contribution in [3.63, 3.8) is 0 Å². The molecule has 0 saturated carbocycles. The van der Waals surface area contributed by atoms with Gasteiger partial charge in [0.1, 0.15) is 6.23 Å². The van der Waals surface area contributed by atoms with Gasteiger partial charge in [0.2, 0.25) is 0 Å². The van der Waals surface area contributed by atoms with Crippen molar-refractivity contribution in [3.8, 4) is 0 Å². The summed E-state index contributed by atoms with van der Waals surface area (Å²) in [6.45, 7) is 8.25. The molecule has 1 rings (SSSR count). The topological polar surface area (TPSA) is 46.9 Å². The molecule has 0 aromatic heterocycles. The fourth-order valence-electron chi connectivity index (χ4n) is 1.88. The van der Waals surface area contributed by atoms with Gasteiger partial charge in [-0.05, 0) is 13.3 Å². The third-order valence-corrected chi connectivity index (χ3v) is 2.72. The minimum atomic E-state index is -0.288. The summed E-state index contributed by atoms with van der Waals surface area (Å²) in [7, 11) is 0. The third-order valence-electron chi connectivity index (χ3n) is 2.72. The zero-order chi connectivity index (χ0) is 10.6. The van der Waals surface area contributed by atoms with Crippen LogP contribution in [0.3, 0.4) is 0 Å². The minimum absolute atomic E-state index is 0.252. The molecule has 0 spiro atoms. The summed E-state index contributed by atoms with van der Waals surface area (Å²) in [5, 5.41) is 18.8. The molecule has 14 heavy (non-hydrogen) atoms. The van der Waals surface area contributed by atoms with E-state index in [2.05, 4.69) is 9.80 Å². The Morgan fingerprint density at radius 3 is 2.14 bits per heavy atom. The zero-order valence-electron chi connectivity index (χ0n) is 9.19. The van der Waals surface area contributed by atoms with Crippen LogP contribution >= 0.6 is 0 Å². The highest BCUT2D eigenvalue weighted by Crippen LogP contribution is 2.07. The molecular weight excluding hydrogens is 180 g/mol. The SMILES string of the molecule is CCC(O)N1CCN(CC(C)O)CC1. The zero-order valence-corrected chi connectivity index (χ0v) is 9.19. The Morgan fingerprint density at radius 1 is 1.14 bits per heavy atom. The van der Waals surface area contributed by atoms with Crippen LogP contribution in [0, 0.1) is 0 Å². The molecule has 2 atom stereocenters. The Bertz CT molecular complexity index is 156. The normalized spacial score (nSPS) is 24.9. The summed E-state index contributed by atoms with van der Waals surface area (Å²) >= 11 is 0. The fourth-order valence-corrected chi connectivity index (χ4v) is 1.88. The number of piperazine rings is 1. The van der Waals surface area contributed by atoms with Gasteiger partial charge in [-0.1, -0.05) is 6.92 Å². The van der Waals surface area contributed by atoms with Crippen LogP contribution in [0.1, 0.15) is 20.3 Å². The van der Waals surface area contributed by atoms with Crippen molar-refractivity contribution in [1.82, 2.24) is 9.80 Å². The van der Waals surface area contributed by atoms with Crippen molar-refractivity contribution in [1.29, 1.82) is 0 Å². The van der Waals surface area contributed by atoms with Gasteiger partial charge in [-0.3, -0.25) is 9.80 Å². The molecule has 0 aromatic rings. The fraction of sp³-hybridized carbons (Fsp3) is 1.00. The van der Waals surface area contributed by atoms with Crippen molar-refractivity contribution in [2.75, 3.05) is 32.7 Å². The first-order chi connectivity index (χ1) is 6.63. The van der Waals surface area contributed by atoms with E-state index >= 15 is 0 Å². The summed E-state index contributed by atoms with van der Waals surface area (Å²) in [6, 6.07) is 0. The molecule has 1 heterocycles. The van der Waals surface area contributed by atoms with Crippen molar-refractivity contribution < 1.29 is 10.2 Å². The monoisotopic (exact) mass is 202 g/mol. The molecule has 1 fully saturated rings. The molecule has 1 saturated heterocycles. The molecule has 2 N–H and O–H groups in total. The van der Waals surface area contributed by atoms with Gasteiger partial charge < -0.3 is 10.2 Å². The highest BCUT2D eigenvalue weighted by atomic mass is 16.3. The summed E-state index contributed by atoms with van der Waals surface area (Å²) in [6.07, 6.45) is 0.248. The largest absolute Gasteiger partial charge is 0.392 e. The molecule has 4 heteroatoms. The van der Waals surface area contributed by atoms with E-state index in [1.165, 1.54) is 0 Å². The van der Waals surface area contributed by atoms with Gasteiger partial charge in [0.05, 0.1) is 6.10 Å². The number of nitrogens with zero attached hydrogens (tertiary/aromatic N) is 2. The summed E-state index contributed by atoms with van der Waals surface area (Å²) in [4.78, 5) is 4.34. The molecule has 2 unspecified atom stereocenters. The van der Waals surface area contributed by atoms with Gasteiger partial charge in [-0.25, -0.2) is 0 Å². The van der Waals surface area contributed by atoms with E-state index in [-0.39, 0.29) is 12.3 Å². The maximum atomic E-state index is 9.61. The molecular formula is C10H22N2O2. The lowest BCUT2D eigenvalue weighted by Crippen LogP contribution is -2.51. The number of aliphatic hydroxyl groups excluding tert-OH is 2. The van der Waals surface area contributed by atoms with Crippen LogP contribution in [-0.4, -0.2) is 65.1 Å². The van der Waals surface area contributed by atoms with E-state index in [1.54, 1.807) is 0 Å². The van der Waals surface area contributed by atoms with Gasteiger partial charge in [0, 0.05) is 32.7 Å². The molecule has 0 bridgehead atoms. The average molecular weight is 202 g/mol. The first-order valence-electron chi connectivity index (χ1n) is 5.46. The number of hydrogen-bond acceptors (Lipinski definition) is 4. The van der Waals surface area contributed by atoms with E-state index in [9.17, 15) is 10.2 Å². The van der Waals surface area contributed by atoms with Crippen molar-refractivity contribution >= 4 is 0 Å². The highest BCUT2D eigenvalue weighted by molar-refractivity contribution is 4.74. The summed E-state index contributed by atoms with van der Waals surface area (Å²) < 4.78 is 0. The van der Waals surface area contributed by atoms with Crippen LogP contribution in [0.25, 0.3) is 0 Å². The lowest BCUT2D eigenvalue weighted by atomic mass is 10.2. The van der Waals surface area contributed by atoms with Gasteiger partial charge in [-0.2, -0.15) is 0 Å². The third kappa shape index (κ3) is 3.53. The first-order valence-corrected chi connectivity index (χ1v) is 5.46. The lowest BCUT2D eigenvalue weighted by molar-refractivity contribution is -0.0318. The van der Waals surface area contributed by atoms with E-state index in [0.29, 0.717) is 0 Å². The molecule has 4 nitrogen and oxygen atoms in total. The highest BCUT2D eigenvalue weighted by Gasteiger charge is 2.21. The molecule has 0 radical (unpaired) electrons. The summed E-state index contributed by atoms with van der Waals surface area (Å²) in [5.74, 6) is 0. The first kappa shape index (κ1) is 11.9. The predicted octanol–water partition coefficient (Wildman–Crippen LogP) is -0.287. The van der Waals surface area contributed by atoms with Gasteiger partial charge in [-0.15, -0.1) is 0 Å². The van der Waals surface area contributed by atoms with Crippen LogP contribution in [0.2, 0.25) is 0 Å². The smallest absolute Gasteiger partial charge is 0.107 e. The van der Waals surface area contributed by atoms with Crippen LogP contribution in [0.15, 0.2) is 0 Å². The second-order valence-corrected chi connectivity index (χ2v) is 4.07. The molecule has 0 aliphatic carbocycles. The molecule has 0 aromatic carbocycles. The Labute approximate surface area is 86.1 Å². The Kier molecular flexibility index (Phi) is 4.81. The van der Waals surface area contributed by atoms with E-state index in [4.69, 9.17) is 0 Å². The Balaban J connectivity index is 2.24. The van der Waals surface area contributed by atoms with Crippen molar-refractivity contribution in [3.05, 3.63) is 0 Å². The van der Waals surface area contributed by atoms with Crippen LogP contribution in [-0.2, 0) is 0 Å². The second kappa shape index (κ2) is 5.66. The van der Waals surface area contributed by atoms with E-state index in [1.807, 2.05) is 13.8 Å². The average Bonchev–Trinajstić information content (AvgIpc) is 2.17. The second-order valence-electron chi connectivity index (χ2n) is 4.07. The van der Waals surface area contributed by atoms with Crippen LogP contribution in [0.5, 0.6) is 0 Å². The quantitative estimate of drug-likeness (QED) is 0.658. The number of aliphatic hydroxyl groups is 2. The summed E-state index contributed by atoms with van der Waals surface area (Å²) in [5.41, 5.74) is 0. The van der Waals surface area contributed by atoms with Gasteiger partial charge in [0.15, 0.2) is 0 Å². The van der Waals surface area contributed by atoms with Gasteiger partial charge >= 0.3 is 0 Å². The van der Waals surface area contributed by atoms with Crippen LogP contribution in [0.4, 0.5) is 0 Å². The molecule has 84 valence electrons. The molecule has 1 aliphatic rings. The minimum Gasteiger partial charge on any atom is -0.392 e. The standard InChI is InChI=1S/C10H22N2O2/c1-3-10(14)12-6-4-11(5-7-12)8-9(2)13/h9-10,13-14H,3-8H2,1-2H3. The van der Waals surface area contributed by atoms with Crippen molar-refractivity contribution in [2.24, 2.45) is 0 Å². The maximum Gasteiger partial charge on any atom is 0.107 e. The van der Waals surface area contributed by atoms with E-state index < -0.39 is 0 Å². The van der Waals surface area contributed by atoms with E-state index in [0.717, 1.165) is 39.1 Å². The molecule has 0 amide bonds. The Morgan fingerprint density at radius 2 is 1.71 bits per heavy atom. The van der Waals surface area contributed by atoms with Gasteiger partial charge in [0.25, 0.3) is 0 Å². The van der Waals surface area contributed by atoms with Crippen LogP contribution < -0.4 is 0 Å². The Hall–Kier alpha value is -0.160. The number of rotatable bonds is 4. The van der Waals surface area contributed by atoms with Crippen molar-refractivity contribution in [2.45, 2.75) is 32.6 Å². The predicted molar refractivity (Wildman–Crippen MR) is 56.0 cm³/mol. The lowest BCUT2D eigenvalue weighted by Gasteiger charge is -2.37. The molecule has 1 aliphatic heterocycles. The maximum absolute atomic E-state index is 9.61.